The number of nitrogens with zero attached hydrogens (tertiary/aromatic N) is 3. The van der Waals surface area contributed by atoms with Gasteiger partial charge in [-0.2, -0.15) is 0 Å². The van der Waals surface area contributed by atoms with Gasteiger partial charge in [0.25, 0.3) is 5.97 Å². The summed E-state index contributed by atoms with van der Waals surface area (Å²) in [6.45, 7) is 7.40. The first-order valence-corrected chi connectivity index (χ1v) is 42.7. The van der Waals surface area contributed by atoms with E-state index in [2.05, 4.69) is 94.4 Å². The molecule has 47 nitrogen and oxygen atoms in total. The van der Waals surface area contributed by atoms with E-state index in [1.54, 1.807) is 27.7 Å². The van der Waals surface area contributed by atoms with E-state index in [0.717, 1.165) is 55.0 Å². The van der Waals surface area contributed by atoms with Gasteiger partial charge in [-0.15, -0.1) is 0 Å². The van der Waals surface area contributed by atoms with Crippen molar-refractivity contribution in [2.75, 3.05) is 49.3 Å². The van der Waals surface area contributed by atoms with Crippen LogP contribution < -0.4 is 97.4 Å². The summed E-state index contributed by atoms with van der Waals surface area (Å²) >= 11 is 0. The minimum atomic E-state index is -2.03. The van der Waals surface area contributed by atoms with Crippen molar-refractivity contribution in [3.8, 4) is 0 Å². The number of rotatable bonds is 21. The molecule has 0 spiro atoms. The van der Waals surface area contributed by atoms with Gasteiger partial charge in [0.05, 0.1) is 45.3 Å². The van der Waals surface area contributed by atoms with Gasteiger partial charge in [0.2, 0.25) is 106 Å². The first-order chi connectivity index (χ1) is 56.6. The summed E-state index contributed by atoms with van der Waals surface area (Å²) in [5, 5.41) is 72.7. The van der Waals surface area contributed by atoms with Crippen LogP contribution in [0.1, 0.15) is 111 Å². The number of fused-ring (bicyclic) bond motifs is 9. The lowest BCUT2D eigenvalue weighted by Crippen LogP contribution is -2.62. The Bertz CT molecular complexity index is 3940. The van der Waals surface area contributed by atoms with Crippen molar-refractivity contribution in [2.24, 2.45) is 40.7 Å². The standard InChI is InChI=1S/C67H103N23O22S4.C2H4O2/c1-29(2)12-35-55(100)77-34(9-10-51(96)97)54(99)80-38(15-33-20-73-28-75-33)58(103)84-41(21-91)60(105)82-39(16-48(69)93)59(104)79-36(13-30(3)4)56(101)86-43(53(71)98)23-113-115-25-45-64(109)85-42(22-92)61(106)83-40(17-49(70)94)67(112)90-11-7-8-47(90)65(110)89-52(31(5)6)66(111)88-46(26-116-114-24-44(62(107)87-45)76-50(95)18-68)63(108)81-37(57(102)78-35)14-32-19-72-27-74-32;1-2(3)4/h19-20,27-31,34-47,52,91-92H,7-18,21-26,68H2,1-6H3,(H2,69,93)(H2,70,94)(H2,71,98)(H,72,74)(H,73,75)(H,76,95)(H,77,100)(H,78,102)(H,79,104)(H,80,99)(H,81,108)(H,82,105)(H,83,106)(H,84,103)(H,85,109)(H,86,101)(H,87,107)(H,88,111)(H,89,110)(H,96,97);1H3,(H,3,4). The minimum Gasteiger partial charge on any atom is -0.481 e. The number of nitrogens with two attached hydrogens (primary N) is 4. The largest absolute Gasteiger partial charge is 0.481 e. The predicted octanol–water partition coefficient (Wildman–Crippen LogP) is -9.63. The molecule has 5 heterocycles. The quantitative estimate of drug-likeness (QED) is 0.0516. The van der Waals surface area contributed by atoms with E-state index < -0.39 is 308 Å². The predicted molar refractivity (Wildman–Crippen MR) is 430 cm³/mol. The lowest BCUT2D eigenvalue weighted by molar-refractivity contribution is -0.143. The molecular formula is C69H107N23O24S4. The third kappa shape index (κ3) is 34.8. The Labute approximate surface area is 703 Å². The number of aliphatic hydroxyl groups is 2. The summed E-state index contributed by atoms with van der Waals surface area (Å²) in [5.41, 5.74) is 23.0. The Morgan fingerprint density at radius 3 is 1.35 bits per heavy atom. The molecule has 2 aromatic heterocycles. The molecule has 2 aromatic rings. The maximum atomic E-state index is 15.2. The number of imidazole rings is 2. The molecule has 2 bridgehead atoms. The van der Waals surface area contributed by atoms with Crippen LogP contribution in [0, 0.1) is 17.8 Å². The third-order valence-electron chi connectivity index (χ3n) is 17.8. The van der Waals surface area contributed by atoms with Crippen molar-refractivity contribution < 1.29 is 116 Å². The zero-order valence-electron chi connectivity index (χ0n) is 66.7. The molecule has 120 heavy (non-hydrogen) atoms. The number of nitrogens with one attached hydrogen (secondary N) is 16. The molecular weight excluding hydrogens is 1660 g/mol. The van der Waals surface area contributed by atoms with Gasteiger partial charge in [0.15, 0.2) is 0 Å². The van der Waals surface area contributed by atoms with Crippen molar-refractivity contribution in [3.05, 3.63) is 36.4 Å². The highest BCUT2D eigenvalue weighted by Gasteiger charge is 2.43. The van der Waals surface area contributed by atoms with E-state index in [-0.39, 0.29) is 43.6 Å². The monoisotopic (exact) mass is 1770 g/mol. The van der Waals surface area contributed by atoms with Crippen LogP contribution in [0.4, 0.5) is 0 Å². The van der Waals surface area contributed by atoms with Crippen molar-refractivity contribution in [2.45, 2.75) is 203 Å². The Hall–Kier alpha value is -10.9. The highest BCUT2D eigenvalue weighted by Crippen LogP contribution is 2.27. The van der Waals surface area contributed by atoms with E-state index in [0.29, 0.717) is 0 Å². The fourth-order valence-corrected chi connectivity index (χ4v) is 16.5. The van der Waals surface area contributed by atoms with Gasteiger partial charge in [-0.25, -0.2) is 9.97 Å². The molecule has 28 N–H and O–H groups in total. The second-order valence-electron chi connectivity index (χ2n) is 29.0. The number of H-pyrrole nitrogens is 2. The molecule has 18 amide bonds. The van der Waals surface area contributed by atoms with Crippen LogP contribution in [0.2, 0.25) is 0 Å². The van der Waals surface area contributed by atoms with Crippen molar-refractivity contribution in [1.82, 2.24) is 99.3 Å². The molecule has 15 unspecified atom stereocenters. The van der Waals surface area contributed by atoms with Gasteiger partial charge in [-0.3, -0.25) is 95.9 Å². The van der Waals surface area contributed by atoms with Crippen molar-refractivity contribution >= 4 is 161 Å². The van der Waals surface area contributed by atoms with E-state index in [9.17, 15) is 102 Å². The summed E-state index contributed by atoms with van der Waals surface area (Å²) in [6, 6.07) is -26.2. The van der Waals surface area contributed by atoms with E-state index in [4.69, 9.17) is 32.8 Å². The van der Waals surface area contributed by atoms with Crippen LogP contribution in [-0.2, 0) is 109 Å². The molecule has 3 aliphatic heterocycles. The number of carbonyl (C=O) groups is 20. The number of aromatic nitrogens is 4. The van der Waals surface area contributed by atoms with Crippen LogP contribution in [0.5, 0.6) is 0 Å². The van der Waals surface area contributed by atoms with E-state index in [1.165, 1.54) is 38.9 Å². The molecule has 666 valence electrons. The van der Waals surface area contributed by atoms with Gasteiger partial charge in [0.1, 0.15) is 90.6 Å². The fraction of sp³-hybridized carbons (Fsp3) is 0.623. The SMILES string of the molecule is CC(=O)O.CC(C)CC1NC(=O)C(CC(N)=O)NC(=O)C(CO)NC(=O)C(Cc2cnc[nH]2)NC(=O)C(CCC(=O)O)NC(=O)C(CC(C)C)NC(=O)C(Cc2cnc[nH]2)NC(=O)C2CSSCC(NC(=O)CN)C(=O)NC(CSSCC(C(N)=O)NC1=O)C(=O)NC(CO)C(=O)NC(CC(N)=O)C(=O)N1CCCC1C(=O)NC(C(C)C)C(=O)N2. The number of aliphatic hydroxyl groups excluding tert-OH is 2. The first kappa shape index (κ1) is 101. The van der Waals surface area contributed by atoms with E-state index >= 15 is 4.79 Å². The molecule has 15 atom stereocenters. The van der Waals surface area contributed by atoms with Crippen molar-refractivity contribution in [1.29, 1.82) is 0 Å². The Morgan fingerprint density at radius 1 is 0.492 bits per heavy atom. The van der Waals surface area contributed by atoms with Gasteiger partial charge in [-0.1, -0.05) is 84.7 Å². The number of aromatic amines is 2. The molecule has 0 saturated carbocycles. The number of hydrogen-bond donors (Lipinski definition) is 24. The average Bonchev–Trinajstić information content (AvgIpc) is 1.63. The zero-order valence-corrected chi connectivity index (χ0v) is 69.9. The molecule has 0 aromatic carbocycles. The number of amides is 18. The molecule has 3 saturated heterocycles. The minimum absolute atomic E-state index is 0.0348. The Morgan fingerprint density at radius 2 is 0.892 bits per heavy atom. The van der Waals surface area contributed by atoms with Crippen LogP contribution in [0.3, 0.4) is 0 Å². The average molecular weight is 1770 g/mol. The number of carboxylic acids is 2. The maximum absolute atomic E-state index is 15.2. The second-order valence-corrected chi connectivity index (χ2v) is 34.1. The first-order valence-electron chi connectivity index (χ1n) is 37.7. The smallest absolute Gasteiger partial charge is 0.303 e. The number of carbonyl (C=O) groups excluding carboxylic acids is 18. The van der Waals surface area contributed by atoms with Crippen LogP contribution in [0.15, 0.2) is 25.0 Å². The highest BCUT2D eigenvalue weighted by molar-refractivity contribution is 8.77. The molecule has 51 heteroatoms. The molecule has 0 aliphatic carbocycles. The van der Waals surface area contributed by atoms with Crippen molar-refractivity contribution in [3.63, 3.8) is 0 Å². The molecule has 3 fully saturated rings. The summed E-state index contributed by atoms with van der Waals surface area (Å²) in [6.07, 6.45) is 0.440. The van der Waals surface area contributed by atoms with Crippen LogP contribution in [-0.4, -0.2) is 303 Å². The maximum Gasteiger partial charge on any atom is 0.303 e. The van der Waals surface area contributed by atoms with Gasteiger partial charge in [-0.05, 0) is 49.9 Å². The van der Waals surface area contributed by atoms with Crippen LogP contribution >= 0.6 is 43.2 Å². The fourth-order valence-electron chi connectivity index (χ4n) is 11.8. The third-order valence-corrected chi connectivity index (χ3v) is 22.7. The summed E-state index contributed by atoms with van der Waals surface area (Å²) < 4.78 is 0. The number of primary amides is 3. The molecule has 5 rings (SSSR count). The van der Waals surface area contributed by atoms with Crippen LogP contribution in [0.25, 0.3) is 0 Å². The van der Waals surface area contributed by atoms with Gasteiger partial charge >= 0.3 is 5.97 Å². The number of aliphatic carboxylic acids is 2. The topological polar surface area (TPSA) is 755 Å². The van der Waals surface area contributed by atoms with Gasteiger partial charge < -0.3 is 133 Å². The highest BCUT2D eigenvalue weighted by atomic mass is 33.1. The van der Waals surface area contributed by atoms with Gasteiger partial charge in [0, 0.05) is 79.5 Å². The summed E-state index contributed by atoms with van der Waals surface area (Å²) in [7, 11) is 3.10. The lowest BCUT2D eigenvalue weighted by atomic mass is 10.0. The Kier molecular flexibility index (Phi) is 43.0. The Balaban J connectivity index is 0.00000739. The summed E-state index contributed by atoms with van der Waals surface area (Å²) in [5.74, 6) is -26.4. The van der Waals surface area contributed by atoms with E-state index in [1.807, 2.05) is 0 Å². The second kappa shape index (κ2) is 50.9. The molecule has 3 aliphatic rings. The normalized spacial score (nSPS) is 26.2. The number of carboxylic acid groups (broad SMARTS) is 2. The molecule has 0 radical (unpaired) electrons. The zero-order chi connectivity index (χ0) is 89.8. The lowest BCUT2D eigenvalue weighted by Gasteiger charge is -2.31. The summed E-state index contributed by atoms with van der Waals surface area (Å²) in [4.78, 5) is 291. The number of hydrogen-bond acceptors (Lipinski definition) is 29.